The zero-order chi connectivity index (χ0) is 20.9. The van der Waals surface area contributed by atoms with Crippen molar-refractivity contribution in [2.24, 2.45) is 0 Å². The van der Waals surface area contributed by atoms with Gasteiger partial charge in [-0.1, -0.05) is 12.1 Å². The fourth-order valence-corrected chi connectivity index (χ4v) is 4.80. The third kappa shape index (κ3) is 6.74. The Labute approximate surface area is 169 Å². The lowest BCUT2D eigenvalue weighted by atomic mass is 10.1. The minimum absolute atomic E-state index is 0.0390. The third-order valence-corrected chi connectivity index (χ3v) is 6.26. The molecule has 0 bridgehead atoms. The van der Waals surface area contributed by atoms with E-state index in [1.54, 1.807) is 32.9 Å². The number of sulfonamides is 1. The van der Waals surface area contributed by atoms with E-state index in [1.165, 1.54) is 30.4 Å². The average molecular weight is 424 g/mol. The fourth-order valence-electron chi connectivity index (χ4n) is 2.56. The van der Waals surface area contributed by atoms with E-state index >= 15 is 0 Å². The molecule has 9 heteroatoms. The van der Waals surface area contributed by atoms with Crippen LogP contribution in [-0.4, -0.2) is 25.8 Å². The lowest BCUT2D eigenvalue weighted by Gasteiger charge is -2.20. The lowest BCUT2D eigenvalue weighted by molar-refractivity contribution is -0.120. The number of anilines is 1. The van der Waals surface area contributed by atoms with Crippen LogP contribution < -0.4 is 15.4 Å². The van der Waals surface area contributed by atoms with Gasteiger partial charge >= 0.3 is 0 Å². The molecule has 0 aliphatic carbocycles. The normalized spacial score (nSPS) is 13.0. The summed E-state index contributed by atoms with van der Waals surface area (Å²) in [5.74, 6) is -0.557. The summed E-state index contributed by atoms with van der Waals surface area (Å²) in [6, 6.07) is 9.32. The topological polar surface area (TPSA) is 104 Å². The first-order valence-corrected chi connectivity index (χ1v) is 11.1. The Kier molecular flexibility index (Phi) is 6.97. The lowest BCUT2D eigenvalue weighted by Crippen LogP contribution is -2.40. The first kappa shape index (κ1) is 22.1. The summed E-state index contributed by atoms with van der Waals surface area (Å²) in [5.41, 5.74) is -0.251. The molecule has 1 atom stereocenters. The van der Waals surface area contributed by atoms with Crippen LogP contribution in [0.3, 0.4) is 0 Å². The number of hydrogen-bond donors (Lipinski definition) is 3. The van der Waals surface area contributed by atoms with Crippen molar-refractivity contribution < 1.29 is 18.0 Å². The maximum Gasteiger partial charge on any atom is 0.241 e. The second-order valence-electron chi connectivity index (χ2n) is 7.40. The van der Waals surface area contributed by atoms with Crippen LogP contribution in [0.1, 0.15) is 45.0 Å². The van der Waals surface area contributed by atoms with Crippen molar-refractivity contribution in [1.29, 1.82) is 0 Å². The number of carbonyl (C=O) groups is 2. The first-order valence-electron chi connectivity index (χ1n) is 8.71. The Bertz CT molecular complexity index is 932. The van der Waals surface area contributed by atoms with E-state index in [2.05, 4.69) is 15.4 Å². The molecule has 0 spiro atoms. The summed E-state index contributed by atoms with van der Waals surface area (Å²) in [6.07, 6.45) is 0.0390. The summed E-state index contributed by atoms with van der Waals surface area (Å²) in [4.78, 5) is 24.9. The summed E-state index contributed by atoms with van der Waals surface area (Å²) < 4.78 is 27.5. The molecular weight excluding hydrogens is 398 g/mol. The van der Waals surface area contributed by atoms with Crippen molar-refractivity contribution in [3.63, 3.8) is 0 Å². The summed E-state index contributed by atoms with van der Waals surface area (Å²) in [5, 5.41) is 7.34. The maximum absolute atomic E-state index is 12.5. The third-order valence-electron chi connectivity index (χ3n) is 3.52. The number of carbonyl (C=O) groups excluding carboxylic acids is 2. The first-order chi connectivity index (χ1) is 13.0. The molecule has 1 heterocycles. The molecule has 0 unspecified atom stereocenters. The van der Waals surface area contributed by atoms with Gasteiger partial charge in [0, 0.05) is 23.0 Å². The monoisotopic (exact) mass is 423 g/mol. The van der Waals surface area contributed by atoms with Crippen LogP contribution in [0, 0.1) is 0 Å². The standard InChI is InChI=1S/C19H25N3O4S2/c1-13(23)20-16(17-9-6-10-27-17)12-18(24)21-14-7-5-8-15(11-14)28(25,26)22-19(2,3)4/h5-11,16,22H,12H2,1-4H3,(H,20,23)(H,21,24)/t16-/m0/s1. The number of benzene rings is 1. The van der Waals surface area contributed by atoms with Gasteiger partial charge in [0.15, 0.2) is 0 Å². The average Bonchev–Trinajstić information content (AvgIpc) is 3.06. The molecule has 2 aromatic rings. The van der Waals surface area contributed by atoms with Crippen LogP contribution in [0.2, 0.25) is 0 Å². The van der Waals surface area contributed by atoms with Gasteiger partial charge in [-0.15, -0.1) is 11.3 Å². The smallest absolute Gasteiger partial charge is 0.241 e. The number of hydrogen-bond acceptors (Lipinski definition) is 5. The van der Waals surface area contributed by atoms with Gasteiger partial charge in [0.05, 0.1) is 17.4 Å². The van der Waals surface area contributed by atoms with E-state index in [0.717, 1.165) is 4.88 Å². The van der Waals surface area contributed by atoms with Crippen molar-refractivity contribution in [2.45, 2.75) is 50.6 Å². The minimum atomic E-state index is -3.71. The van der Waals surface area contributed by atoms with Crippen LogP contribution in [0.4, 0.5) is 5.69 Å². The molecule has 0 fully saturated rings. The van der Waals surface area contributed by atoms with Crippen LogP contribution in [0.5, 0.6) is 0 Å². The highest BCUT2D eigenvalue weighted by Gasteiger charge is 2.23. The number of amides is 2. The molecule has 3 N–H and O–H groups in total. The van der Waals surface area contributed by atoms with Crippen LogP contribution in [0.25, 0.3) is 0 Å². The van der Waals surface area contributed by atoms with E-state index in [1.807, 2.05) is 17.5 Å². The zero-order valence-corrected chi connectivity index (χ0v) is 17.9. The van der Waals surface area contributed by atoms with Crippen molar-refractivity contribution in [3.8, 4) is 0 Å². The van der Waals surface area contributed by atoms with E-state index in [9.17, 15) is 18.0 Å². The Morgan fingerprint density at radius 3 is 2.43 bits per heavy atom. The summed E-state index contributed by atoms with van der Waals surface area (Å²) in [7, 11) is -3.71. The van der Waals surface area contributed by atoms with Gasteiger partial charge in [-0.2, -0.15) is 0 Å². The van der Waals surface area contributed by atoms with Gasteiger partial charge in [0.25, 0.3) is 0 Å². The van der Waals surface area contributed by atoms with E-state index in [0.29, 0.717) is 5.69 Å². The van der Waals surface area contributed by atoms with Crippen molar-refractivity contribution in [3.05, 3.63) is 46.7 Å². The predicted octanol–water partition coefficient (Wildman–Crippen LogP) is 3.03. The summed E-state index contributed by atoms with van der Waals surface area (Å²) in [6.45, 7) is 6.66. The van der Waals surface area contributed by atoms with Crippen molar-refractivity contribution in [2.75, 3.05) is 5.32 Å². The highest BCUT2D eigenvalue weighted by Crippen LogP contribution is 2.23. The second kappa shape index (κ2) is 8.85. The Hall–Kier alpha value is -2.23. The molecular formula is C19H25N3O4S2. The van der Waals surface area contributed by atoms with Gasteiger partial charge in [-0.05, 0) is 50.4 Å². The molecule has 0 radical (unpaired) electrons. The van der Waals surface area contributed by atoms with E-state index in [-0.39, 0.29) is 23.1 Å². The maximum atomic E-state index is 12.5. The SMILES string of the molecule is CC(=O)N[C@@H](CC(=O)Nc1cccc(S(=O)(=O)NC(C)(C)C)c1)c1cccs1. The molecule has 2 amide bonds. The van der Waals surface area contributed by atoms with E-state index in [4.69, 9.17) is 0 Å². The predicted molar refractivity (Wildman–Crippen MR) is 111 cm³/mol. The molecule has 0 saturated carbocycles. The molecule has 0 saturated heterocycles. The van der Waals surface area contributed by atoms with Gasteiger partial charge in [-0.25, -0.2) is 13.1 Å². The molecule has 1 aromatic carbocycles. The van der Waals surface area contributed by atoms with E-state index < -0.39 is 21.6 Å². The Morgan fingerprint density at radius 2 is 1.86 bits per heavy atom. The van der Waals surface area contributed by atoms with Gasteiger partial charge in [0.1, 0.15) is 0 Å². The van der Waals surface area contributed by atoms with Crippen LogP contribution in [-0.2, 0) is 19.6 Å². The largest absolute Gasteiger partial charge is 0.348 e. The highest BCUT2D eigenvalue weighted by atomic mass is 32.2. The molecule has 0 aliphatic heterocycles. The number of thiophene rings is 1. The van der Waals surface area contributed by atoms with Crippen LogP contribution in [0.15, 0.2) is 46.7 Å². The molecule has 2 rings (SSSR count). The molecule has 1 aromatic heterocycles. The fraction of sp³-hybridized carbons (Fsp3) is 0.368. The highest BCUT2D eigenvalue weighted by molar-refractivity contribution is 7.89. The number of rotatable bonds is 7. The molecule has 28 heavy (non-hydrogen) atoms. The summed E-state index contributed by atoms with van der Waals surface area (Å²) >= 11 is 1.45. The van der Waals surface area contributed by atoms with Crippen LogP contribution >= 0.6 is 11.3 Å². The Balaban J connectivity index is 2.12. The minimum Gasteiger partial charge on any atom is -0.348 e. The van der Waals surface area contributed by atoms with Gasteiger partial charge in [-0.3, -0.25) is 9.59 Å². The van der Waals surface area contributed by atoms with Crippen molar-refractivity contribution >= 4 is 38.9 Å². The second-order valence-corrected chi connectivity index (χ2v) is 10.1. The van der Waals surface area contributed by atoms with Gasteiger partial charge < -0.3 is 10.6 Å². The Morgan fingerprint density at radius 1 is 1.14 bits per heavy atom. The van der Waals surface area contributed by atoms with Gasteiger partial charge in [0.2, 0.25) is 21.8 Å². The molecule has 7 nitrogen and oxygen atoms in total. The van der Waals surface area contributed by atoms with Crippen molar-refractivity contribution in [1.82, 2.24) is 10.0 Å². The molecule has 152 valence electrons. The number of nitrogens with one attached hydrogen (secondary N) is 3. The zero-order valence-electron chi connectivity index (χ0n) is 16.3. The molecule has 0 aliphatic rings. The quantitative estimate of drug-likeness (QED) is 0.637.